The summed E-state index contributed by atoms with van der Waals surface area (Å²) in [7, 11) is 0. The molecule has 1 aromatic heterocycles. The number of carbonyl (C=O) groups excluding carboxylic acids is 1. The van der Waals surface area contributed by atoms with Crippen LogP contribution in [0, 0.1) is 5.41 Å². The first-order chi connectivity index (χ1) is 9.31. The summed E-state index contributed by atoms with van der Waals surface area (Å²) in [5.41, 5.74) is -0.396. The van der Waals surface area contributed by atoms with Gasteiger partial charge in [0.05, 0.1) is 17.4 Å². The number of pyridine rings is 1. The molecule has 1 aromatic rings. The van der Waals surface area contributed by atoms with Gasteiger partial charge in [-0.2, -0.15) is 0 Å². The van der Waals surface area contributed by atoms with Crippen molar-refractivity contribution in [3.05, 3.63) is 24.0 Å². The van der Waals surface area contributed by atoms with E-state index >= 15 is 0 Å². The van der Waals surface area contributed by atoms with Crippen molar-refractivity contribution in [1.29, 1.82) is 0 Å². The Hall–Kier alpha value is -1.62. The molecule has 1 saturated carbocycles. The minimum Gasteiger partial charge on any atom is -0.505 e. The van der Waals surface area contributed by atoms with E-state index in [4.69, 9.17) is 0 Å². The van der Waals surface area contributed by atoms with Crippen molar-refractivity contribution in [1.82, 2.24) is 10.3 Å². The van der Waals surface area contributed by atoms with Gasteiger partial charge < -0.3 is 15.5 Å². The van der Waals surface area contributed by atoms with Gasteiger partial charge in [0.2, 0.25) is 0 Å². The lowest BCUT2D eigenvalue weighted by atomic mass is 9.71. The molecule has 0 aliphatic heterocycles. The summed E-state index contributed by atoms with van der Waals surface area (Å²) in [5, 5.41) is 22.7. The fourth-order valence-corrected chi connectivity index (χ4v) is 2.49. The summed E-state index contributed by atoms with van der Waals surface area (Å²) in [6.45, 7) is 4.60. The van der Waals surface area contributed by atoms with Gasteiger partial charge in [-0.1, -0.05) is 13.8 Å². The minimum absolute atomic E-state index is 0.151. The van der Waals surface area contributed by atoms with Crippen LogP contribution in [0.15, 0.2) is 18.5 Å². The number of hydrogen-bond acceptors (Lipinski definition) is 4. The van der Waals surface area contributed by atoms with Gasteiger partial charge in [0.15, 0.2) is 0 Å². The van der Waals surface area contributed by atoms with Gasteiger partial charge in [0.1, 0.15) is 5.75 Å². The topological polar surface area (TPSA) is 82.5 Å². The molecule has 1 amide bonds. The van der Waals surface area contributed by atoms with Crippen molar-refractivity contribution in [3.63, 3.8) is 0 Å². The summed E-state index contributed by atoms with van der Waals surface area (Å²) >= 11 is 0. The fourth-order valence-electron chi connectivity index (χ4n) is 2.49. The highest BCUT2D eigenvalue weighted by Gasteiger charge is 2.36. The maximum atomic E-state index is 12.0. The van der Waals surface area contributed by atoms with Crippen molar-refractivity contribution >= 4 is 5.91 Å². The lowest BCUT2D eigenvalue weighted by molar-refractivity contribution is -0.0233. The smallest absolute Gasteiger partial charge is 0.255 e. The van der Waals surface area contributed by atoms with Crippen LogP contribution in [-0.4, -0.2) is 33.3 Å². The van der Waals surface area contributed by atoms with Crippen molar-refractivity contribution in [2.24, 2.45) is 5.41 Å². The molecule has 5 heteroatoms. The number of nitrogens with one attached hydrogen (secondary N) is 1. The lowest BCUT2D eigenvalue weighted by Crippen LogP contribution is -2.46. The number of aromatic nitrogens is 1. The minimum atomic E-state index is -0.839. The van der Waals surface area contributed by atoms with Gasteiger partial charge in [0.25, 0.3) is 5.91 Å². The number of amides is 1. The molecule has 0 unspecified atom stereocenters. The van der Waals surface area contributed by atoms with Crippen LogP contribution >= 0.6 is 0 Å². The third kappa shape index (κ3) is 3.48. The van der Waals surface area contributed by atoms with Crippen LogP contribution in [0.1, 0.15) is 49.9 Å². The second-order valence-electron chi connectivity index (χ2n) is 6.46. The quantitative estimate of drug-likeness (QED) is 0.788. The van der Waals surface area contributed by atoms with Crippen LogP contribution in [0.5, 0.6) is 5.75 Å². The number of aliphatic hydroxyl groups is 1. The molecule has 0 atom stereocenters. The molecule has 3 N–H and O–H groups in total. The normalized spacial score (nSPS) is 20.4. The predicted molar refractivity (Wildman–Crippen MR) is 75.4 cm³/mol. The van der Waals surface area contributed by atoms with E-state index < -0.39 is 5.60 Å². The zero-order chi connectivity index (χ0) is 14.8. The first-order valence-corrected chi connectivity index (χ1v) is 6.95. The average Bonchev–Trinajstić information content (AvgIpc) is 2.41. The molecule has 0 radical (unpaired) electrons. The van der Waals surface area contributed by atoms with E-state index in [1.54, 1.807) is 0 Å². The lowest BCUT2D eigenvalue weighted by Gasteiger charge is -2.40. The molecule has 2 rings (SSSR count). The van der Waals surface area contributed by atoms with Crippen LogP contribution in [0.3, 0.4) is 0 Å². The third-order valence-corrected chi connectivity index (χ3v) is 4.16. The Morgan fingerprint density at radius 3 is 2.60 bits per heavy atom. The second-order valence-corrected chi connectivity index (χ2v) is 6.46. The van der Waals surface area contributed by atoms with Gasteiger partial charge in [-0.25, -0.2) is 0 Å². The van der Waals surface area contributed by atoms with E-state index in [1.807, 2.05) is 0 Å². The van der Waals surface area contributed by atoms with Gasteiger partial charge in [-0.15, -0.1) is 0 Å². The van der Waals surface area contributed by atoms with E-state index in [9.17, 15) is 15.0 Å². The van der Waals surface area contributed by atoms with Crippen molar-refractivity contribution in [2.75, 3.05) is 6.54 Å². The molecule has 0 saturated heterocycles. The molecule has 5 nitrogen and oxygen atoms in total. The highest BCUT2D eigenvalue weighted by atomic mass is 16.3. The van der Waals surface area contributed by atoms with E-state index in [1.165, 1.54) is 18.5 Å². The van der Waals surface area contributed by atoms with Crippen molar-refractivity contribution in [2.45, 2.75) is 45.1 Å². The monoisotopic (exact) mass is 278 g/mol. The van der Waals surface area contributed by atoms with Crippen LogP contribution in [-0.2, 0) is 0 Å². The average molecular weight is 278 g/mol. The zero-order valence-electron chi connectivity index (χ0n) is 12.0. The first kappa shape index (κ1) is 14.8. The third-order valence-electron chi connectivity index (χ3n) is 4.16. The van der Waals surface area contributed by atoms with E-state index in [0.717, 1.165) is 12.8 Å². The largest absolute Gasteiger partial charge is 0.505 e. The van der Waals surface area contributed by atoms with Crippen molar-refractivity contribution < 1.29 is 15.0 Å². The van der Waals surface area contributed by atoms with E-state index in [-0.39, 0.29) is 29.2 Å². The van der Waals surface area contributed by atoms with Crippen molar-refractivity contribution in [3.8, 4) is 5.75 Å². The Balaban J connectivity index is 1.92. The Morgan fingerprint density at radius 1 is 1.35 bits per heavy atom. The highest BCUT2D eigenvalue weighted by molar-refractivity contribution is 5.96. The van der Waals surface area contributed by atoms with E-state index in [2.05, 4.69) is 24.1 Å². The summed E-state index contributed by atoms with van der Waals surface area (Å²) in [5.74, 6) is -0.537. The molecule has 20 heavy (non-hydrogen) atoms. The summed E-state index contributed by atoms with van der Waals surface area (Å²) in [6, 6.07) is 1.46. The molecule has 1 aliphatic rings. The van der Waals surface area contributed by atoms with Crippen LogP contribution < -0.4 is 5.32 Å². The van der Waals surface area contributed by atoms with Crippen LogP contribution in [0.25, 0.3) is 0 Å². The Labute approximate surface area is 119 Å². The standard InChI is InChI=1S/C15H22N2O3/c1-14(2)4-6-15(20,7-5-14)10-17-13(19)11-3-8-16-9-12(11)18/h3,8-9,18,20H,4-7,10H2,1-2H3,(H,17,19). The molecule has 1 aliphatic carbocycles. The van der Waals surface area contributed by atoms with Crippen LogP contribution in [0.2, 0.25) is 0 Å². The van der Waals surface area contributed by atoms with E-state index in [0.29, 0.717) is 12.8 Å². The first-order valence-electron chi connectivity index (χ1n) is 6.95. The molecule has 0 spiro atoms. The summed E-state index contributed by atoms with van der Waals surface area (Å²) < 4.78 is 0. The molecule has 0 bridgehead atoms. The highest BCUT2D eigenvalue weighted by Crippen LogP contribution is 2.39. The zero-order valence-corrected chi connectivity index (χ0v) is 12.0. The Kier molecular flexibility index (Phi) is 3.99. The van der Waals surface area contributed by atoms with Gasteiger partial charge in [0, 0.05) is 12.7 Å². The molecular formula is C15H22N2O3. The van der Waals surface area contributed by atoms with Gasteiger partial charge in [-0.05, 0) is 37.2 Å². The summed E-state index contributed by atoms with van der Waals surface area (Å²) in [4.78, 5) is 15.7. The number of hydrogen-bond donors (Lipinski definition) is 3. The maximum Gasteiger partial charge on any atom is 0.255 e. The van der Waals surface area contributed by atoms with Gasteiger partial charge >= 0.3 is 0 Å². The second kappa shape index (κ2) is 5.40. The number of nitrogens with zero attached hydrogens (tertiary/aromatic N) is 1. The van der Waals surface area contributed by atoms with Gasteiger partial charge in [-0.3, -0.25) is 9.78 Å². The molecular weight excluding hydrogens is 256 g/mol. The molecule has 0 aromatic carbocycles. The Morgan fingerprint density at radius 2 is 2.00 bits per heavy atom. The Bertz CT molecular complexity index is 490. The number of carbonyl (C=O) groups is 1. The SMILES string of the molecule is CC1(C)CCC(O)(CNC(=O)c2ccncc2O)CC1. The molecule has 110 valence electrons. The van der Waals surface area contributed by atoms with Crippen LogP contribution in [0.4, 0.5) is 0 Å². The molecule has 1 fully saturated rings. The maximum absolute atomic E-state index is 12.0. The predicted octanol–water partition coefficient (Wildman–Crippen LogP) is 1.85. The number of aromatic hydroxyl groups is 1. The summed E-state index contributed by atoms with van der Waals surface area (Å²) in [6.07, 6.45) is 5.93. The fraction of sp³-hybridized carbons (Fsp3) is 0.600. The number of rotatable bonds is 3. The molecule has 1 heterocycles.